The van der Waals surface area contributed by atoms with Crippen LogP contribution in [0.3, 0.4) is 0 Å². The SMILES string of the molecule is Cc1ccc(NC(=O)CC2C=CS(=O)(=O)C2)c(C)c1. The molecule has 1 amide bonds. The maximum Gasteiger partial charge on any atom is 0.225 e. The summed E-state index contributed by atoms with van der Waals surface area (Å²) in [5.41, 5.74) is 2.92. The predicted octanol–water partition coefficient (Wildman–Crippen LogP) is 2.19. The van der Waals surface area contributed by atoms with Crippen LogP contribution >= 0.6 is 0 Å². The van der Waals surface area contributed by atoms with Crippen molar-refractivity contribution < 1.29 is 13.2 Å². The molecule has 0 fully saturated rings. The lowest BCUT2D eigenvalue weighted by Crippen LogP contribution is -2.18. The van der Waals surface area contributed by atoms with E-state index in [0.29, 0.717) is 0 Å². The Morgan fingerprint density at radius 1 is 1.37 bits per heavy atom. The van der Waals surface area contributed by atoms with E-state index in [1.165, 1.54) is 5.41 Å². The van der Waals surface area contributed by atoms with Gasteiger partial charge in [-0.05, 0) is 25.5 Å². The van der Waals surface area contributed by atoms with E-state index < -0.39 is 9.84 Å². The molecule has 0 bridgehead atoms. The number of carbonyl (C=O) groups is 1. The van der Waals surface area contributed by atoms with Crippen molar-refractivity contribution in [1.29, 1.82) is 0 Å². The molecule has 1 aromatic carbocycles. The van der Waals surface area contributed by atoms with Crippen LogP contribution in [0.15, 0.2) is 29.7 Å². The van der Waals surface area contributed by atoms with Crippen LogP contribution < -0.4 is 5.32 Å². The highest BCUT2D eigenvalue weighted by atomic mass is 32.2. The van der Waals surface area contributed by atoms with Crippen LogP contribution in [0.25, 0.3) is 0 Å². The van der Waals surface area contributed by atoms with Gasteiger partial charge in [0.1, 0.15) is 0 Å². The molecule has 19 heavy (non-hydrogen) atoms. The van der Waals surface area contributed by atoms with Crippen molar-refractivity contribution in [2.45, 2.75) is 20.3 Å². The zero-order chi connectivity index (χ0) is 14.0. The van der Waals surface area contributed by atoms with Crippen molar-refractivity contribution in [2.75, 3.05) is 11.1 Å². The number of carbonyl (C=O) groups excluding carboxylic acids is 1. The number of amides is 1. The first-order valence-electron chi connectivity index (χ1n) is 6.14. The number of benzene rings is 1. The zero-order valence-electron chi connectivity index (χ0n) is 11.0. The van der Waals surface area contributed by atoms with Gasteiger partial charge in [-0.25, -0.2) is 8.42 Å². The fourth-order valence-electron chi connectivity index (χ4n) is 2.16. The molecule has 1 unspecified atom stereocenters. The molecule has 0 aromatic heterocycles. The molecule has 1 aromatic rings. The summed E-state index contributed by atoms with van der Waals surface area (Å²) in [7, 11) is -3.09. The summed E-state index contributed by atoms with van der Waals surface area (Å²) in [6.07, 6.45) is 1.79. The number of nitrogens with one attached hydrogen (secondary N) is 1. The Morgan fingerprint density at radius 3 is 2.68 bits per heavy atom. The predicted molar refractivity (Wildman–Crippen MR) is 75.6 cm³/mol. The third-order valence-electron chi connectivity index (χ3n) is 3.11. The summed E-state index contributed by atoms with van der Waals surface area (Å²) in [5, 5.41) is 4.02. The van der Waals surface area contributed by atoms with Crippen molar-refractivity contribution in [3.8, 4) is 0 Å². The Bertz CT molecular complexity index is 632. The van der Waals surface area contributed by atoms with E-state index in [9.17, 15) is 13.2 Å². The van der Waals surface area contributed by atoms with Gasteiger partial charge in [-0.1, -0.05) is 23.8 Å². The number of sulfone groups is 1. The molecule has 0 saturated carbocycles. The third kappa shape index (κ3) is 3.67. The molecule has 1 atom stereocenters. The fraction of sp³-hybridized carbons (Fsp3) is 0.357. The van der Waals surface area contributed by atoms with Gasteiger partial charge in [-0.3, -0.25) is 4.79 Å². The van der Waals surface area contributed by atoms with Crippen LogP contribution in [-0.2, 0) is 14.6 Å². The van der Waals surface area contributed by atoms with Gasteiger partial charge < -0.3 is 5.32 Å². The quantitative estimate of drug-likeness (QED) is 0.922. The fourth-order valence-corrected chi connectivity index (χ4v) is 3.56. The van der Waals surface area contributed by atoms with Crippen LogP contribution in [-0.4, -0.2) is 20.1 Å². The molecule has 102 valence electrons. The smallest absolute Gasteiger partial charge is 0.225 e. The number of rotatable bonds is 3. The molecule has 2 rings (SSSR count). The molecule has 1 N–H and O–H groups in total. The normalized spacial score (nSPS) is 20.4. The highest BCUT2D eigenvalue weighted by Gasteiger charge is 2.23. The second-order valence-corrected chi connectivity index (χ2v) is 6.92. The van der Waals surface area contributed by atoms with Crippen LogP contribution in [0.4, 0.5) is 5.69 Å². The Labute approximate surface area is 113 Å². The minimum absolute atomic E-state index is 0.0350. The van der Waals surface area contributed by atoms with Crippen LogP contribution in [0.2, 0.25) is 0 Å². The molecule has 0 saturated heterocycles. The van der Waals surface area contributed by atoms with E-state index in [1.807, 2.05) is 32.0 Å². The minimum Gasteiger partial charge on any atom is -0.326 e. The standard InChI is InChI=1S/C14H17NO3S/c1-10-3-4-13(11(2)7-10)15-14(16)8-12-5-6-19(17,18)9-12/h3-7,12H,8-9H2,1-2H3,(H,15,16). The first kappa shape index (κ1) is 13.8. The van der Waals surface area contributed by atoms with Gasteiger partial charge in [0.15, 0.2) is 9.84 Å². The number of anilines is 1. The highest BCUT2D eigenvalue weighted by molar-refractivity contribution is 7.94. The summed E-state index contributed by atoms with van der Waals surface area (Å²) in [6, 6.07) is 5.79. The molecule has 1 heterocycles. The number of hydrogen-bond donors (Lipinski definition) is 1. The first-order chi connectivity index (χ1) is 8.85. The van der Waals surface area contributed by atoms with E-state index in [2.05, 4.69) is 5.32 Å². The molecule has 0 radical (unpaired) electrons. The van der Waals surface area contributed by atoms with Gasteiger partial charge >= 0.3 is 0 Å². The van der Waals surface area contributed by atoms with Crippen LogP contribution in [0, 0.1) is 19.8 Å². The lowest BCUT2D eigenvalue weighted by molar-refractivity contribution is -0.116. The third-order valence-corrected chi connectivity index (χ3v) is 4.57. The summed E-state index contributed by atoms with van der Waals surface area (Å²) in [4.78, 5) is 11.9. The molecule has 0 spiro atoms. The maximum absolute atomic E-state index is 11.9. The van der Waals surface area contributed by atoms with E-state index in [-0.39, 0.29) is 24.0 Å². The topological polar surface area (TPSA) is 63.2 Å². The Morgan fingerprint density at radius 2 is 2.11 bits per heavy atom. The van der Waals surface area contributed by atoms with Crippen LogP contribution in [0.1, 0.15) is 17.5 Å². The second-order valence-electron chi connectivity index (χ2n) is 4.99. The second kappa shape index (κ2) is 5.17. The summed E-state index contributed by atoms with van der Waals surface area (Å²) in [6.45, 7) is 3.93. The monoisotopic (exact) mass is 279 g/mol. The van der Waals surface area contributed by atoms with Gasteiger partial charge in [-0.15, -0.1) is 0 Å². The molecule has 4 nitrogen and oxygen atoms in total. The van der Waals surface area contributed by atoms with E-state index in [1.54, 1.807) is 6.08 Å². The van der Waals surface area contributed by atoms with Gasteiger partial charge in [0.2, 0.25) is 5.91 Å². The number of allylic oxidation sites excluding steroid dienone is 1. The Balaban J connectivity index is 1.97. The molecule has 1 aliphatic rings. The van der Waals surface area contributed by atoms with Gasteiger partial charge in [0, 0.05) is 23.4 Å². The lowest BCUT2D eigenvalue weighted by Gasteiger charge is -2.11. The zero-order valence-corrected chi connectivity index (χ0v) is 11.8. The summed E-state index contributed by atoms with van der Waals surface area (Å²) < 4.78 is 22.5. The van der Waals surface area contributed by atoms with Crippen molar-refractivity contribution in [3.05, 3.63) is 40.8 Å². The number of hydrogen-bond acceptors (Lipinski definition) is 3. The molecular formula is C14H17NO3S. The summed E-state index contributed by atoms with van der Waals surface area (Å²) >= 11 is 0. The van der Waals surface area contributed by atoms with Crippen molar-refractivity contribution in [2.24, 2.45) is 5.92 Å². The molecule has 0 aliphatic carbocycles. The van der Waals surface area contributed by atoms with Crippen LogP contribution in [0.5, 0.6) is 0 Å². The van der Waals surface area contributed by atoms with Gasteiger partial charge in [-0.2, -0.15) is 0 Å². The van der Waals surface area contributed by atoms with Crippen molar-refractivity contribution in [3.63, 3.8) is 0 Å². The molecular weight excluding hydrogens is 262 g/mol. The molecule has 1 aliphatic heterocycles. The Kier molecular flexibility index (Phi) is 3.75. The van der Waals surface area contributed by atoms with Crippen molar-refractivity contribution >= 4 is 21.4 Å². The largest absolute Gasteiger partial charge is 0.326 e. The van der Waals surface area contributed by atoms with E-state index >= 15 is 0 Å². The van der Waals surface area contributed by atoms with Gasteiger partial charge in [0.25, 0.3) is 0 Å². The minimum atomic E-state index is -3.09. The summed E-state index contributed by atoms with van der Waals surface area (Å²) in [5.74, 6) is -0.331. The van der Waals surface area contributed by atoms with Gasteiger partial charge in [0.05, 0.1) is 5.75 Å². The number of aryl methyl sites for hydroxylation is 2. The highest BCUT2D eigenvalue weighted by Crippen LogP contribution is 2.20. The Hall–Kier alpha value is -1.62. The van der Waals surface area contributed by atoms with E-state index in [0.717, 1.165) is 16.8 Å². The van der Waals surface area contributed by atoms with Crippen molar-refractivity contribution in [1.82, 2.24) is 0 Å². The maximum atomic E-state index is 11.9. The first-order valence-corrected chi connectivity index (χ1v) is 7.85. The average molecular weight is 279 g/mol. The van der Waals surface area contributed by atoms with E-state index in [4.69, 9.17) is 0 Å². The molecule has 5 heteroatoms. The average Bonchev–Trinajstić information content (AvgIpc) is 2.62. The lowest BCUT2D eigenvalue weighted by atomic mass is 10.1.